The van der Waals surface area contributed by atoms with Crippen LogP contribution in [0.25, 0.3) is 11.4 Å². The van der Waals surface area contributed by atoms with Crippen LogP contribution in [0, 0.1) is 0 Å². The summed E-state index contributed by atoms with van der Waals surface area (Å²) in [6, 6.07) is 14.2. The molecule has 1 fully saturated rings. The largest absolute Gasteiger partial charge is 0.416 e. The van der Waals surface area contributed by atoms with Crippen LogP contribution in [0.5, 0.6) is 0 Å². The van der Waals surface area contributed by atoms with Crippen molar-refractivity contribution >= 4 is 5.91 Å². The number of benzene rings is 2. The van der Waals surface area contributed by atoms with E-state index in [4.69, 9.17) is 4.52 Å². The first-order chi connectivity index (χ1) is 13.8. The van der Waals surface area contributed by atoms with Gasteiger partial charge in [-0.1, -0.05) is 47.6 Å². The molecule has 1 aliphatic heterocycles. The highest BCUT2D eigenvalue weighted by atomic mass is 19.4. The molecule has 2 unspecified atom stereocenters. The summed E-state index contributed by atoms with van der Waals surface area (Å²) in [4.78, 5) is 18.6. The number of carbonyl (C=O) groups excluding carboxylic acids is 1. The summed E-state index contributed by atoms with van der Waals surface area (Å²) in [6.07, 6.45) is -4.14. The number of carbonyl (C=O) groups is 1. The van der Waals surface area contributed by atoms with Gasteiger partial charge in [-0.25, -0.2) is 0 Å². The minimum Gasteiger partial charge on any atom is -0.339 e. The van der Waals surface area contributed by atoms with E-state index in [-0.39, 0.29) is 30.1 Å². The van der Waals surface area contributed by atoms with Crippen LogP contribution in [0.2, 0.25) is 0 Å². The van der Waals surface area contributed by atoms with Crippen molar-refractivity contribution in [2.75, 3.05) is 6.54 Å². The van der Waals surface area contributed by atoms with E-state index in [1.54, 1.807) is 4.90 Å². The number of amides is 1. The summed E-state index contributed by atoms with van der Waals surface area (Å²) >= 11 is 0. The molecule has 5 nitrogen and oxygen atoms in total. The summed E-state index contributed by atoms with van der Waals surface area (Å²) in [7, 11) is 0. The summed E-state index contributed by atoms with van der Waals surface area (Å²) in [6.45, 7) is 2.42. The molecule has 1 aliphatic rings. The van der Waals surface area contributed by atoms with E-state index < -0.39 is 11.7 Å². The van der Waals surface area contributed by atoms with E-state index in [2.05, 4.69) is 10.1 Å². The van der Waals surface area contributed by atoms with Crippen molar-refractivity contribution < 1.29 is 22.5 Å². The maximum atomic E-state index is 12.7. The van der Waals surface area contributed by atoms with Crippen molar-refractivity contribution in [1.82, 2.24) is 15.0 Å². The monoisotopic (exact) mass is 401 g/mol. The summed E-state index contributed by atoms with van der Waals surface area (Å²) < 4.78 is 43.4. The SMILES string of the molecule is CC(c1ccccc1)N1CC(c2nc(-c3ccc(C(F)(F)F)cc3)no2)CC1=O. The van der Waals surface area contributed by atoms with Crippen LogP contribution in [0.4, 0.5) is 13.2 Å². The van der Waals surface area contributed by atoms with E-state index in [1.807, 2.05) is 37.3 Å². The second-order valence-corrected chi connectivity index (χ2v) is 7.07. The van der Waals surface area contributed by atoms with Crippen molar-refractivity contribution in [3.8, 4) is 11.4 Å². The standard InChI is InChI=1S/C21H18F3N3O2/c1-13(14-5-3-2-4-6-14)27-12-16(11-18(27)28)20-25-19(26-29-20)15-7-9-17(10-8-15)21(22,23)24/h2-10,13,16H,11-12H2,1H3. The van der Waals surface area contributed by atoms with Crippen LogP contribution < -0.4 is 0 Å². The van der Waals surface area contributed by atoms with Crippen LogP contribution >= 0.6 is 0 Å². The fraction of sp³-hybridized carbons (Fsp3) is 0.286. The average molecular weight is 401 g/mol. The molecule has 8 heteroatoms. The number of hydrogen-bond acceptors (Lipinski definition) is 4. The molecule has 0 spiro atoms. The lowest BCUT2D eigenvalue weighted by molar-refractivity contribution is -0.137. The predicted molar refractivity (Wildman–Crippen MR) is 98.7 cm³/mol. The fourth-order valence-electron chi connectivity index (χ4n) is 3.51. The minimum atomic E-state index is -4.40. The van der Waals surface area contributed by atoms with E-state index >= 15 is 0 Å². The summed E-state index contributed by atoms with van der Waals surface area (Å²) in [5.41, 5.74) is 0.723. The van der Waals surface area contributed by atoms with Crippen LogP contribution in [0.1, 0.15) is 42.3 Å². The lowest BCUT2D eigenvalue weighted by Gasteiger charge is -2.24. The molecule has 3 aromatic rings. The number of rotatable bonds is 4. The van der Waals surface area contributed by atoms with Crippen molar-refractivity contribution in [2.45, 2.75) is 31.5 Å². The van der Waals surface area contributed by atoms with Gasteiger partial charge in [0.2, 0.25) is 17.6 Å². The van der Waals surface area contributed by atoms with Gasteiger partial charge in [-0.3, -0.25) is 4.79 Å². The van der Waals surface area contributed by atoms with Gasteiger partial charge in [0.05, 0.1) is 17.5 Å². The Morgan fingerprint density at radius 3 is 2.45 bits per heavy atom. The van der Waals surface area contributed by atoms with Crippen molar-refractivity contribution in [1.29, 1.82) is 0 Å². The topological polar surface area (TPSA) is 59.2 Å². The Bertz CT molecular complexity index is 1000. The second kappa shape index (κ2) is 7.35. The zero-order chi connectivity index (χ0) is 20.6. The first-order valence-corrected chi connectivity index (χ1v) is 9.18. The quantitative estimate of drug-likeness (QED) is 0.628. The molecule has 2 heterocycles. The first kappa shape index (κ1) is 19.2. The third-order valence-electron chi connectivity index (χ3n) is 5.17. The maximum absolute atomic E-state index is 12.7. The summed E-state index contributed by atoms with van der Waals surface area (Å²) in [5, 5.41) is 3.88. The molecule has 0 N–H and O–H groups in total. The van der Waals surface area contributed by atoms with Gasteiger partial charge in [0.15, 0.2) is 0 Å². The van der Waals surface area contributed by atoms with Gasteiger partial charge < -0.3 is 9.42 Å². The average Bonchev–Trinajstić information content (AvgIpc) is 3.34. The number of halogens is 3. The fourth-order valence-corrected chi connectivity index (χ4v) is 3.51. The van der Waals surface area contributed by atoms with Gasteiger partial charge in [-0.2, -0.15) is 18.2 Å². The molecular formula is C21H18F3N3O2. The van der Waals surface area contributed by atoms with Gasteiger partial charge in [0.25, 0.3) is 0 Å². The Morgan fingerprint density at radius 1 is 1.10 bits per heavy atom. The van der Waals surface area contributed by atoms with Crippen molar-refractivity contribution in [3.05, 3.63) is 71.6 Å². The Kier molecular flexibility index (Phi) is 4.86. The van der Waals surface area contributed by atoms with Gasteiger partial charge in [-0.05, 0) is 24.6 Å². The number of nitrogens with zero attached hydrogens (tertiary/aromatic N) is 3. The van der Waals surface area contributed by atoms with E-state index in [0.29, 0.717) is 18.0 Å². The number of aromatic nitrogens is 2. The Morgan fingerprint density at radius 2 is 1.79 bits per heavy atom. The molecule has 1 aromatic heterocycles. The lowest BCUT2D eigenvalue weighted by atomic mass is 10.1. The van der Waals surface area contributed by atoms with Crippen LogP contribution in [-0.4, -0.2) is 27.5 Å². The molecule has 0 radical (unpaired) electrons. The molecule has 2 atom stereocenters. The minimum absolute atomic E-state index is 0.000586. The normalized spacial score (nSPS) is 18.3. The van der Waals surface area contributed by atoms with E-state index in [1.165, 1.54) is 12.1 Å². The molecule has 1 amide bonds. The van der Waals surface area contributed by atoms with Gasteiger partial charge in [-0.15, -0.1) is 0 Å². The zero-order valence-corrected chi connectivity index (χ0v) is 15.6. The van der Waals surface area contributed by atoms with E-state index in [9.17, 15) is 18.0 Å². The van der Waals surface area contributed by atoms with Crippen molar-refractivity contribution in [2.24, 2.45) is 0 Å². The molecule has 29 heavy (non-hydrogen) atoms. The molecule has 0 saturated carbocycles. The predicted octanol–water partition coefficient (Wildman–Crippen LogP) is 4.83. The molecule has 2 aromatic carbocycles. The number of likely N-dealkylation sites (tertiary alicyclic amines) is 1. The number of alkyl halides is 3. The first-order valence-electron chi connectivity index (χ1n) is 9.18. The lowest BCUT2D eigenvalue weighted by Crippen LogP contribution is -2.28. The van der Waals surface area contributed by atoms with Crippen LogP contribution in [0.3, 0.4) is 0 Å². The molecule has 0 aliphatic carbocycles. The molecule has 4 rings (SSSR count). The van der Waals surface area contributed by atoms with Crippen LogP contribution in [0.15, 0.2) is 59.1 Å². The highest BCUT2D eigenvalue weighted by Crippen LogP contribution is 2.34. The molecule has 0 bridgehead atoms. The van der Waals surface area contributed by atoms with Gasteiger partial charge in [0, 0.05) is 18.5 Å². The number of hydrogen-bond donors (Lipinski definition) is 0. The highest BCUT2D eigenvalue weighted by molar-refractivity contribution is 5.80. The highest BCUT2D eigenvalue weighted by Gasteiger charge is 2.37. The second-order valence-electron chi connectivity index (χ2n) is 7.07. The van der Waals surface area contributed by atoms with Gasteiger partial charge in [0.1, 0.15) is 0 Å². The Hall–Kier alpha value is -3.16. The molecule has 1 saturated heterocycles. The smallest absolute Gasteiger partial charge is 0.339 e. The zero-order valence-electron chi connectivity index (χ0n) is 15.6. The van der Waals surface area contributed by atoms with E-state index in [0.717, 1.165) is 17.7 Å². The Balaban J connectivity index is 1.49. The van der Waals surface area contributed by atoms with Gasteiger partial charge >= 0.3 is 6.18 Å². The Labute approximate surface area is 165 Å². The third kappa shape index (κ3) is 3.87. The molecular weight excluding hydrogens is 383 g/mol. The third-order valence-corrected chi connectivity index (χ3v) is 5.17. The maximum Gasteiger partial charge on any atom is 0.416 e. The van der Waals surface area contributed by atoms with Crippen LogP contribution in [-0.2, 0) is 11.0 Å². The van der Waals surface area contributed by atoms with Crippen molar-refractivity contribution in [3.63, 3.8) is 0 Å². The summed E-state index contributed by atoms with van der Waals surface area (Å²) in [5.74, 6) is 0.275. The molecule has 150 valence electrons.